The van der Waals surface area contributed by atoms with Gasteiger partial charge in [0.1, 0.15) is 5.75 Å². The largest absolute Gasteiger partial charge is 0.496 e. The monoisotopic (exact) mass is 448 g/mol. The molecular weight excluding hydrogens is 424 g/mol. The zero-order chi connectivity index (χ0) is 22.5. The Morgan fingerprint density at radius 2 is 1.84 bits per heavy atom. The number of halogens is 1. The second-order valence-electron chi connectivity index (χ2n) is 7.82. The Labute approximate surface area is 193 Å². The lowest BCUT2D eigenvalue weighted by Crippen LogP contribution is -2.35. The van der Waals surface area contributed by atoms with Gasteiger partial charge in [-0.1, -0.05) is 23.7 Å². The minimum atomic E-state index is -0.0666. The Morgan fingerprint density at radius 1 is 1.09 bits per heavy atom. The molecule has 0 N–H and O–H groups in total. The SMILES string of the molecule is COc1cc(-n2cccc2)c(Cl)cc1C(=O)N1CCCN(Cc2ccc(C#N)cc2)CC1. The van der Waals surface area contributed by atoms with Crippen molar-refractivity contribution < 1.29 is 9.53 Å². The van der Waals surface area contributed by atoms with Gasteiger partial charge in [-0.05, 0) is 42.3 Å². The van der Waals surface area contributed by atoms with Crippen LogP contribution in [-0.2, 0) is 6.54 Å². The lowest BCUT2D eigenvalue weighted by Gasteiger charge is -2.23. The number of rotatable bonds is 5. The predicted octanol–water partition coefficient (Wildman–Crippen LogP) is 4.36. The topological polar surface area (TPSA) is 61.5 Å². The van der Waals surface area contributed by atoms with Gasteiger partial charge in [0.25, 0.3) is 5.91 Å². The highest BCUT2D eigenvalue weighted by atomic mass is 35.5. The molecule has 0 bridgehead atoms. The van der Waals surface area contributed by atoms with Crippen molar-refractivity contribution in [2.24, 2.45) is 0 Å². The van der Waals surface area contributed by atoms with E-state index in [4.69, 9.17) is 21.6 Å². The molecule has 2 aromatic carbocycles. The molecule has 164 valence electrons. The van der Waals surface area contributed by atoms with Gasteiger partial charge in [-0.2, -0.15) is 5.26 Å². The van der Waals surface area contributed by atoms with Gasteiger partial charge >= 0.3 is 0 Å². The van der Waals surface area contributed by atoms with E-state index in [2.05, 4.69) is 11.0 Å². The van der Waals surface area contributed by atoms with E-state index in [1.54, 1.807) is 13.2 Å². The number of hydrogen-bond acceptors (Lipinski definition) is 4. The van der Waals surface area contributed by atoms with Crippen LogP contribution in [0.5, 0.6) is 5.75 Å². The van der Waals surface area contributed by atoms with Crippen LogP contribution in [0.3, 0.4) is 0 Å². The molecule has 7 heteroatoms. The highest BCUT2D eigenvalue weighted by molar-refractivity contribution is 6.33. The quantitative estimate of drug-likeness (QED) is 0.581. The van der Waals surface area contributed by atoms with Gasteiger partial charge in [0.2, 0.25) is 0 Å². The normalized spacial score (nSPS) is 14.6. The third kappa shape index (κ3) is 4.80. The van der Waals surface area contributed by atoms with Crippen LogP contribution in [-0.4, -0.2) is 53.6 Å². The average molecular weight is 449 g/mol. The van der Waals surface area contributed by atoms with Crippen molar-refractivity contribution in [2.75, 3.05) is 33.3 Å². The molecule has 32 heavy (non-hydrogen) atoms. The van der Waals surface area contributed by atoms with Crippen molar-refractivity contribution >= 4 is 17.5 Å². The van der Waals surface area contributed by atoms with Gasteiger partial charge in [0, 0.05) is 51.2 Å². The second kappa shape index (κ2) is 9.90. The number of nitriles is 1. The minimum Gasteiger partial charge on any atom is -0.496 e. The van der Waals surface area contributed by atoms with Crippen molar-refractivity contribution in [2.45, 2.75) is 13.0 Å². The van der Waals surface area contributed by atoms with Gasteiger partial charge in [0.05, 0.1) is 35.0 Å². The second-order valence-corrected chi connectivity index (χ2v) is 8.23. The molecular formula is C25H25ClN4O2. The summed E-state index contributed by atoms with van der Waals surface area (Å²) in [6.07, 6.45) is 4.69. The zero-order valence-electron chi connectivity index (χ0n) is 18.0. The molecule has 0 atom stereocenters. The number of benzene rings is 2. The van der Waals surface area contributed by atoms with Crippen molar-refractivity contribution in [3.05, 3.63) is 82.6 Å². The van der Waals surface area contributed by atoms with E-state index in [1.165, 1.54) is 0 Å². The van der Waals surface area contributed by atoms with Crippen molar-refractivity contribution in [3.8, 4) is 17.5 Å². The number of ether oxygens (including phenoxy) is 1. The Morgan fingerprint density at radius 3 is 2.53 bits per heavy atom. The Bertz CT molecular complexity index is 1120. The summed E-state index contributed by atoms with van der Waals surface area (Å²) in [6.45, 7) is 3.81. The first-order chi connectivity index (χ1) is 15.6. The lowest BCUT2D eigenvalue weighted by atomic mass is 10.1. The van der Waals surface area contributed by atoms with Gasteiger partial charge in [-0.25, -0.2) is 0 Å². The lowest BCUT2D eigenvalue weighted by molar-refractivity contribution is 0.0757. The third-order valence-corrected chi connectivity index (χ3v) is 6.05. The number of nitrogens with zero attached hydrogens (tertiary/aromatic N) is 4. The fourth-order valence-electron chi connectivity index (χ4n) is 4.02. The molecule has 4 rings (SSSR count). The Kier molecular flexibility index (Phi) is 6.79. The molecule has 6 nitrogen and oxygen atoms in total. The highest BCUT2D eigenvalue weighted by Crippen LogP contribution is 2.31. The standard InChI is InChI=1S/C25H25ClN4O2/c1-32-24-16-23(29-10-2-3-11-29)22(26)15-21(24)25(31)30-12-4-9-28(13-14-30)18-20-7-5-19(17-27)6-8-20/h2-3,5-8,10-11,15-16H,4,9,12-14,18H2,1H3. The number of carbonyl (C=O) groups excluding carboxylic acids is 1. The van der Waals surface area contributed by atoms with Crippen molar-refractivity contribution in [3.63, 3.8) is 0 Å². The number of amides is 1. The Balaban J connectivity index is 1.46. The van der Waals surface area contributed by atoms with Gasteiger partial charge in [0.15, 0.2) is 0 Å². The van der Waals surface area contributed by atoms with Crippen LogP contribution in [0.15, 0.2) is 60.9 Å². The zero-order valence-corrected chi connectivity index (χ0v) is 18.8. The summed E-state index contributed by atoms with van der Waals surface area (Å²) in [4.78, 5) is 17.6. The number of methoxy groups -OCH3 is 1. The molecule has 0 aliphatic carbocycles. The van der Waals surface area contributed by atoms with Crippen molar-refractivity contribution in [1.82, 2.24) is 14.4 Å². The van der Waals surface area contributed by atoms with E-state index in [1.807, 2.05) is 64.3 Å². The molecule has 1 saturated heterocycles. The minimum absolute atomic E-state index is 0.0666. The Hall–Kier alpha value is -3.27. The van der Waals surface area contributed by atoms with Crippen LogP contribution >= 0.6 is 11.6 Å². The molecule has 1 aromatic heterocycles. The van der Waals surface area contributed by atoms with E-state index in [-0.39, 0.29) is 5.91 Å². The van der Waals surface area contributed by atoms with E-state index in [9.17, 15) is 4.79 Å². The first kappa shape index (κ1) is 21.9. The molecule has 0 radical (unpaired) electrons. The van der Waals surface area contributed by atoms with E-state index < -0.39 is 0 Å². The molecule has 2 heterocycles. The fourth-order valence-corrected chi connectivity index (χ4v) is 4.28. The summed E-state index contributed by atoms with van der Waals surface area (Å²) >= 11 is 6.52. The van der Waals surface area contributed by atoms with Gasteiger partial charge in [-0.15, -0.1) is 0 Å². The smallest absolute Gasteiger partial charge is 0.257 e. The highest BCUT2D eigenvalue weighted by Gasteiger charge is 2.24. The number of aromatic nitrogens is 1. The summed E-state index contributed by atoms with van der Waals surface area (Å²) in [7, 11) is 1.57. The molecule has 0 spiro atoms. The maximum atomic E-state index is 13.3. The van der Waals surface area contributed by atoms with Gasteiger partial charge in [-0.3, -0.25) is 9.69 Å². The van der Waals surface area contributed by atoms with Crippen LogP contribution in [0.1, 0.15) is 27.9 Å². The van der Waals surface area contributed by atoms with Crippen molar-refractivity contribution in [1.29, 1.82) is 5.26 Å². The molecule has 0 saturated carbocycles. The van der Waals surface area contributed by atoms with Crippen LogP contribution in [0, 0.1) is 11.3 Å². The fraction of sp³-hybridized carbons (Fsp3) is 0.280. The average Bonchev–Trinajstić information content (AvgIpc) is 3.25. The molecule has 1 aliphatic rings. The summed E-state index contributed by atoms with van der Waals surface area (Å²) in [5.74, 6) is 0.449. The van der Waals surface area contributed by atoms with Crippen LogP contribution in [0.2, 0.25) is 5.02 Å². The maximum Gasteiger partial charge on any atom is 0.257 e. The first-order valence-electron chi connectivity index (χ1n) is 10.6. The molecule has 1 aliphatic heterocycles. The van der Waals surface area contributed by atoms with Crippen LogP contribution in [0.25, 0.3) is 5.69 Å². The predicted molar refractivity (Wildman–Crippen MR) is 124 cm³/mol. The van der Waals surface area contributed by atoms with Crippen LogP contribution < -0.4 is 4.74 Å². The molecule has 1 fully saturated rings. The number of hydrogen-bond donors (Lipinski definition) is 0. The summed E-state index contributed by atoms with van der Waals surface area (Å²) in [6, 6.07) is 17.2. The van der Waals surface area contributed by atoms with E-state index in [0.717, 1.165) is 37.3 Å². The third-order valence-electron chi connectivity index (χ3n) is 5.75. The van der Waals surface area contributed by atoms with Gasteiger partial charge < -0.3 is 14.2 Å². The molecule has 1 amide bonds. The van der Waals surface area contributed by atoms with E-state index >= 15 is 0 Å². The maximum absolute atomic E-state index is 13.3. The van der Waals surface area contributed by atoms with E-state index in [0.29, 0.717) is 35.0 Å². The van der Waals surface area contributed by atoms with Crippen LogP contribution in [0.4, 0.5) is 0 Å². The first-order valence-corrected chi connectivity index (χ1v) is 11.0. The summed E-state index contributed by atoms with van der Waals surface area (Å²) in [5.41, 5.74) is 3.08. The number of carbonyl (C=O) groups is 1. The molecule has 0 unspecified atom stereocenters. The summed E-state index contributed by atoms with van der Waals surface area (Å²) < 4.78 is 7.44. The molecule has 3 aromatic rings. The summed E-state index contributed by atoms with van der Waals surface area (Å²) in [5, 5.41) is 9.47.